The molecule has 1 aromatic carbocycles. The van der Waals surface area contributed by atoms with Crippen molar-refractivity contribution in [3.05, 3.63) is 59.2 Å². The SMILES string of the molecule is CN1CCC(N(Cc2ccc(F)cn2)C(=O)NCc2ccc3c(c2)CCCO3)CC1. The highest BCUT2D eigenvalue weighted by atomic mass is 19.1. The number of pyridine rings is 1. The molecule has 2 aliphatic heterocycles. The second kappa shape index (κ2) is 9.43. The van der Waals surface area contributed by atoms with Gasteiger partial charge >= 0.3 is 6.03 Å². The lowest BCUT2D eigenvalue weighted by Gasteiger charge is -2.37. The van der Waals surface area contributed by atoms with Crippen molar-refractivity contribution in [2.45, 2.75) is 44.8 Å². The van der Waals surface area contributed by atoms with Gasteiger partial charge in [-0.25, -0.2) is 9.18 Å². The lowest BCUT2D eigenvalue weighted by Crippen LogP contribution is -2.49. The van der Waals surface area contributed by atoms with Crippen LogP contribution < -0.4 is 10.1 Å². The van der Waals surface area contributed by atoms with Crippen molar-refractivity contribution >= 4 is 6.03 Å². The summed E-state index contributed by atoms with van der Waals surface area (Å²) in [7, 11) is 2.10. The molecule has 0 atom stereocenters. The molecule has 2 aromatic rings. The molecule has 0 bridgehead atoms. The molecule has 1 aromatic heterocycles. The Morgan fingerprint density at radius 3 is 2.90 bits per heavy atom. The number of likely N-dealkylation sites (tertiary alicyclic amines) is 1. The van der Waals surface area contributed by atoms with E-state index in [0.717, 1.165) is 56.7 Å². The number of urea groups is 1. The summed E-state index contributed by atoms with van der Waals surface area (Å²) in [5.41, 5.74) is 2.96. The Hall–Kier alpha value is -2.67. The molecule has 0 aliphatic carbocycles. The van der Waals surface area contributed by atoms with E-state index in [1.807, 2.05) is 17.0 Å². The van der Waals surface area contributed by atoms with E-state index in [2.05, 4.69) is 28.3 Å². The molecule has 30 heavy (non-hydrogen) atoms. The molecule has 1 fully saturated rings. The van der Waals surface area contributed by atoms with Gasteiger partial charge in [0.15, 0.2) is 0 Å². The van der Waals surface area contributed by atoms with Crippen molar-refractivity contribution in [3.63, 3.8) is 0 Å². The van der Waals surface area contributed by atoms with E-state index in [9.17, 15) is 9.18 Å². The first kappa shape index (κ1) is 20.6. The topological polar surface area (TPSA) is 57.7 Å². The predicted octanol–water partition coefficient (Wildman–Crippen LogP) is 3.35. The van der Waals surface area contributed by atoms with Crippen LogP contribution in [0.4, 0.5) is 9.18 Å². The quantitative estimate of drug-likeness (QED) is 0.818. The van der Waals surface area contributed by atoms with Crippen molar-refractivity contribution in [1.82, 2.24) is 20.1 Å². The molecule has 6 nitrogen and oxygen atoms in total. The van der Waals surface area contributed by atoms with Crippen LogP contribution in [0.1, 0.15) is 36.1 Å². The molecule has 2 amide bonds. The molecule has 160 valence electrons. The Balaban J connectivity index is 1.43. The molecule has 4 rings (SSSR count). The normalized spacial score (nSPS) is 17.1. The third-order valence-electron chi connectivity index (χ3n) is 5.93. The number of piperidine rings is 1. The third-order valence-corrected chi connectivity index (χ3v) is 5.93. The summed E-state index contributed by atoms with van der Waals surface area (Å²) in [6, 6.07) is 9.19. The number of carbonyl (C=O) groups excluding carboxylic acids is 1. The van der Waals surface area contributed by atoms with Gasteiger partial charge in [-0.15, -0.1) is 0 Å². The number of rotatable bonds is 5. The minimum absolute atomic E-state index is 0.107. The lowest BCUT2D eigenvalue weighted by molar-refractivity contribution is 0.126. The first-order valence-corrected chi connectivity index (χ1v) is 10.7. The second-order valence-corrected chi connectivity index (χ2v) is 8.18. The molecule has 0 spiro atoms. The van der Waals surface area contributed by atoms with Gasteiger partial charge < -0.3 is 19.9 Å². The zero-order valence-corrected chi connectivity index (χ0v) is 17.4. The smallest absolute Gasteiger partial charge is 0.318 e. The molecule has 7 heteroatoms. The molecule has 1 N–H and O–H groups in total. The minimum Gasteiger partial charge on any atom is -0.493 e. The molecule has 2 aliphatic rings. The monoisotopic (exact) mass is 412 g/mol. The maximum Gasteiger partial charge on any atom is 0.318 e. The first-order chi connectivity index (χ1) is 14.6. The summed E-state index contributed by atoms with van der Waals surface area (Å²) in [5, 5.41) is 3.08. The van der Waals surface area contributed by atoms with Crippen LogP contribution in [-0.4, -0.2) is 53.6 Å². The van der Waals surface area contributed by atoms with Gasteiger partial charge in [0.1, 0.15) is 11.6 Å². The highest BCUT2D eigenvalue weighted by Crippen LogP contribution is 2.25. The maximum absolute atomic E-state index is 13.2. The summed E-state index contributed by atoms with van der Waals surface area (Å²) in [6.45, 7) is 3.52. The molecule has 0 radical (unpaired) electrons. The predicted molar refractivity (Wildman–Crippen MR) is 113 cm³/mol. The number of aromatic nitrogens is 1. The largest absolute Gasteiger partial charge is 0.493 e. The van der Waals surface area contributed by atoms with Gasteiger partial charge in [0.25, 0.3) is 0 Å². The van der Waals surface area contributed by atoms with Gasteiger partial charge in [-0.05, 0) is 75.1 Å². The van der Waals surface area contributed by atoms with Crippen LogP contribution in [0.25, 0.3) is 0 Å². The fourth-order valence-corrected chi connectivity index (χ4v) is 4.15. The number of halogens is 1. The zero-order valence-electron chi connectivity index (χ0n) is 17.4. The second-order valence-electron chi connectivity index (χ2n) is 8.18. The Bertz CT molecular complexity index is 866. The van der Waals surface area contributed by atoms with Crippen molar-refractivity contribution in [2.75, 3.05) is 26.7 Å². The van der Waals surface area contributed by atoms with Crippen LogP contribution in [0.15, 0.2) is 36.5 Å². The molecular formula is C23H29FN4O2. The molecular weight excluding hydrogens is 383 g/mol. The zero-order chi connectivity index (χ0) is 20.9. The number of carbonyl (C=O) groups is 1. The summed E-state index contributed by atoms with van der Waals surface area (Å²) < 4.78 is 18.9. The fraction of sp³-hybridized carbons (Fsp3) is 0.478. The van der Waals surface area contributed by atoms with Gasteiger partial charge in [0, 0.05) is 12.6 Å². The lowest BCUT2D eigenvalue weighted by atomic mass is 10.0. The maximum atomic E-state index is 13.2. The van der Waals surface area contributed by atoms with E-state index in [-0.39, 0.29) is 17.9 Å². The number of nitrogens with zero attached hydrogens (tertiary/aromatic N) is 3. The molecule has 0 unspecified atom stereocenters. The van der Waals surface area contributed by atoms with Gasteiger partial charge in [-0.3, -0.25) is 4.98 Å². The van der Waals surface area contributed by atoms with Crippen molar-refractivity contribution in [3.8, 4) is 5.75 Å². The standard InChI is InChI=1S/C23H29FN4O2/c1-27-10-8-21(9-11-27)28(16-20-6-5-19(24)15-25-20)23(29)26-14-17-4-7-22-18(13-17)3-2-12-30-22/h4-7,13,15,21H,2-3,8-12,14,16H2,1H3,(H,26,29). The number of hydrogen-bond donors (Lipinski definition) is 1. The van der Waals surface area contributed by atoms with Crippen LogP contribution in [0, 0.1) is 5.82 Å². The highest BCUT2D eigenvalue weighted by molar-refractivity contribution is 5.74. The number of aryl methyl sites for hydroxylation is 1. The highest BCUT2D eigenvalue weighted by Gasteiger charge is 2.27. The average molecular weight is 413 g/mol. The van der Waals surface area contributed by atoms with Gasteiger partial charge in [0.2, 0.25) is 0 Å². The van der Waals surface area contributed by atoms with Gasteiger partial charge in [0.05, 0.1) is 25.0 Å². The van der Waals surface area contributed by atoms with Crippen molar-refractivity contribution < 1.29 is 13.9 Å². The Kier molecular flexibility index (Phi) is 6.47. The van der Waals surface area contributed by atoms with E-state index in [0.29, 0.717) is 18.8 Å². The van der Waals surface area contributed by atoms with Crippen molar-refractivity contribution in [1.29, 1.82) is 0 Å². The number of nitrogens with one attached hydrogen (secondary N) is 1. The Morgan fingerprint density at radius 1 is 1.30 bits per heavy atom. The number of benzene rings is 1. The minimum atomic E-state index is -0.370. The summed E-state index contributed by atoms with van der Waals surface area (Å²) in [6.07, 6.45) is 5.07. The van der Waals surface area contributed by atoms with Gasteiger partial charge in [-0.1, -0.05) is 12.1 Å². The average Bonchev–Trinajstić information content (AvgIpc) is 2.77. The summed E-state index contributed by atoms with van der Waals surface area (Å²) >= 11 is 0. The van der Waals surface area contributed by atoms with Crippen LogP contribution in [0.5, 0.6) is 5.75 Å². The molecule has 1 saturated heterocycles. The van der Waals surface area contributed by atoms with Crippen LogP contribution in [0.3, 0.4) is 0 Å². The van der Waals surface area contributed by atoms with E-state index in [1.54, 1.807) is 6.07 Å². The number of ether oxygens (including phenoxy) is 1. The summed E-state index contributed by atoms with van der Waals surface area (Å²) in [5.74, 6) is 0.581. The summed E-state index contributed by atoms with van der Waals surface area (Å²) in [4.78, 5) is 21.4. The van der Waals surface area contributed by atoms with E-state index >= 15 is 0 Å². The molecule has 3 heterocycles. The van der Waals surface area contributed by atoms with E-state index in [1.165, 1.54) is 17.8 Å². The number of hydrogen-bond acceptors (Lipinski definition) is 4. The fourth-order valence-electron chi connectivity index (χ4n) is 4.15. The van der Waals surface area contributed by atoms with Crippen LogP contribution in [-0.2, 0) is 19.5 Å². The van der Waals surface area contributed by atoms with Crippen molar-refractivity contribution in [2.24, 2.45) is 0 Å². The number of amides is 2. The Labute approximate surface area is 177 Å². The van der Waals surface area contributed by atoms with E-state index in [4.69, 9.17) is 4.74 Å². The number of fused-ring (bicyclic) bond motifs is 1. The third kappa shape index (κ3) is 5.08. The van der Waals surface area contributed by atoms with Gasteiger partial charge in [-0.2, -0.15) is 0 Å². The van der Waals surface area contributed by atoms with Crippen LogP contribution in [0.2, 0.25) is 0 Å². The molecule has 0 saturated carbocycles. The van der Waals surface area contributed by atoms with E-state index < -0.39 is 0 Å². The first-order valence-electron chi connectivity index (χ1n) is 10.7. The van der Waals surface area contributed by atoms with Crippen LogP contribution >= 0.6 is 0 Å². The Morgan fingerprint density at radius 2 is 2.13 bits per heavy atom.